The van der Waals surface area contributed by atoms with E-state index in [4.69, 9.17) is 5.11 Å². The third-order valence-corrected chi connectivity index (χ3v) is 2.82. The molecule has 1 heteroatoms. The van der Waals surface area contributed by atoms with E-state index in [1.807, 2.05) is 42.5 Å². The zero-order valence-corrected chi connectivity index (χ0v) is 11.8. The molecule has 0 unspecified atom stereocenters. The van der Waals surface area contributed by atoms with Gasteiger partial charge >= 0.3 is 0 Å². The summed E-state index contributed by atoms with van der Waals surface area (Å²) in [6.45, 7) is 0. The van der Waals surface area contributed by atoms with Gasteiger partial charge in [0.15, 0.2) is 0 Å². The molecule has 0 aliphatic rings. The number of benzene rings is 3. The Morgan fingerprint density at radius 1 is 0.476 bits per heavy atom. The standard InChI is InChI=1S/C14H12.C6H6O/c1-3-7-13(8-4-1)11-12-14-9-5-2-6-10-14;7-6-4-2-1-3-5-6/h1-12H;1-5,7H. The molecule has 21 heavy (non-hydrogen) atoms. The van der Waals surface area contributed by atoms with Crippen LogP contribution in [0.4, 0.5) is 0 Å². The smallest absolute Gasteiger partial charge is 0.115 e. The van der Waals surface area contributed by atoms with Crippen LogP contribution in [0.15, 0.2) is 91.0 Å². The van der Waals surface area contributed by atoms with Crippen molar-refractivity contribution in [3.8, 4) is 5.75 Å². The number of phenolic OH excluding ortho intramolecular Hbond substituents is 1. The van der Waals surface area contributed by atoms with Crippen LogP contribution in [0.1, 0.15) is 11.1 Å². The van der Waals surface area contributed by atoms with Crippen molar-refractivity contribution in [1.29, 1.82) is 0 Å². The maximum Gasteiger partial charge on any atom is 0.115 e. The van der Waals surface area contributed by atoms with Crippen LogP contribution in [0.2, 0.25) is 0 Å². The van der Waals surface area contributed by atoms with Gasteiger partial charge in [-0.05, 0) is 23.3 Å². The molecule has 3 aromatic rings. The van der Waals surface area contributed by atoms with Crippen molar-refractivity contribution >= 4 is 12.2 Å². The first-order valence-electron chi connectivity index (χ1n) is 6.87. The van der Waals surface area contributed by atoms with Crippen LogP contribution >= 0.6 is 0 Å². The summed E-state index contributed by atoms with van der Waals surface area (Å²) in [4.78, 5) is 0. The van der Waals surface area contributed by atoms with E-state index in [-0.39, 0.29) is 0 Å². The number of para-hydroxylation sites is 1. The van der Waals surface area contributed by atoms with Crippen molar-refractivity contribution in [3.63, 3.8) is 0 Å². The highest BCUT2D eigenvalue weighted by molar-refractivity contribution is 5.69. The highest BCUT2D eigenvalue weighted by Gasteiger charge is 1.84. The van der Waals surface area contributed by atoms with Crippen molar-refractivity contribution in [3.05, 3.63) is 102 Å². The lowest BCUT2D eigenvalue weighted by Crippen LogP contribution is -1.70. The average Bonchev–Trinajstić information content (AvgIpc) is 2.56. The first-order valence-corrected chi connectivity index (χ1v) is 6.87. The van der Waals surface area contributed by atoms with Crippen LogP contribution in [-0.2, 0) is 0 Å². The third-order valence-electron chi connectivity index (χ3n) is 2.82. The molecule has 104 valence electrons. The zero-order chi connectivity index (χ0) is 14.8. The fourth-order valence-corrected chi connectivity index (χ4v) is 1.75. The summed E-state index contributed by atoms with van der Waals surface area (Å²) in [5, 5.41) is 8.63. The summed E-state index contributed by atoms with van der Waals surface area (Å²) in [5.41, 5.74) is 2.47. The largest absolute Gasteiger partial charge is 0.508 e. The summed E-state index contributed by atoms with van der Waals surface area (Å²) >= 11 is 0. The van der Waals surface area contributed by atoms with Crippen LogP contribution in [0.5, 0.6) is 5.75 Å². The van der Waals surface area contributed by atoms with Crippen LogP contribution < -0.4 is 0 Å². The van der Waals surface area contributed by atoms with Crippen LogP contribution in [-0.4, -0.2) is 5.11 Å². The van der Waals surface area contributed by atoms with E-state index in [1.165, 1.54) is 11.1 Å². The highest BCUT2D eigenvalue weighted by Crippen LogP contribution is 2.07. The van der Waals surface area contributed by atoms with Gasteiger partial charge in [-0.25, -0.2) is 0 Å². The molecule has 3 rings (SSSR count). The summed E-state index contributed by atoms with van der Waals surface area (Å²) in [5.74, 6) is 0.322. The summed E-state index contributed by atoms with van der Waals surface area (Å²) < 4.78 is 0. The Bertz CT molecular complexity index is 602. The van der Waals surface area contributed by atoms with Crippen molar-refractivity contribution < 1.29 is 5.11 Å². The van der Waals surface area contributed by atoms with Gasteiger partial charge in [0.25, 0.3) is 0 Å². The van der Waals surface area contributed by atoms with E-state index in [1.54, 1.807) is 24.3 Å². The summed E-state index contributed by atoms with van der Waals surface area (Å²) in [6.07, 6.45) is 4.24. The molecule has 0 saturated carbocycles. The maximum atomic E-state index is 8.63. The maximum absolute atomic E-state index is 8.63. The van der Waals surface area contributed by atoms with Gasteiger partial charge in [-0.15, -0.1) is 0 Å². The number of phenols is 1. The van der Waals surface area contributed by atoms with E-state index in [9.17, 15) is 0 Å². The van der Waals surface area contributed by atoms with Gasteiger partial charge in [0.2, 0.25) is 0 Å². The lowest BCUT2D eigenvalue weighted by Gasteiger charge is -1.92. The summed E-state index contributed by atoms with van der Waals surface area (Å²) in [6, 6.07) is 29.3. The van der Waals surface area contributed by atoms with Crippen molar-refractivity contribution in [2.45, 2.75) is 0 Å². The second kappa shape index (κ2) is 8.39. The predicted molar refractivity (Wildman–Crippen MR) is 89.9 cm³/mol. The molecule has 0 radical (unpaired) electrons. The molecule has 0 amide bonds. The van der Waals surface area contributed by atoms with E-state index in [2.05, 4.69) is 36.4 Å². The van der Waals surface area contributed by atoms with Gasteiger partial charge in [0.1, 0.15) is 5.75 Å². The minimum Gasteiger partial charge on any atom is -0.508 e. The Labute approximate surface area is 125 Å². The molecular weight excluding hydrogens is 256 g/mol. The van der Waals surface area contributed by atoms with E-state index >= 15 is 0 Å². The molecule has 0 aliphatic heterocycles. The Balaban J connectivity index is 0.000000194. The highest BCUT2D eigenvalue weighted by atomic mass is 16.3. The summed E-state index contributed by atoms with van der Waals surface area (Å²) in [7, 11) is 0. The van der Waals surface area contributed by atoms with E-state index in [0.29, 0.717) is 5.75 Å². The molecule has 0 aromatic heterocycles. The number of aromatic hydroxyl groups is 1. The van der Waals surface area contributed by atoms with Crippen LogP contribution in [0.3, 0.4) is 0 Å². The van der Waals surface area contributed by atoms with E-state index in [0.717, 1.165) is 0 Å². The molecular formula is C20H18O. The Morgan fingerprint density at radius 3 is 1.10 bits per heavy atom. The Kier molecular flexibility index (Phi) is 5.83. The van der Waals surface area contributed by atoms with Crippen LogP contribution in [0.25, 0.3) is 12.2 Å². The molecule has 0 heterocycles. The molecule has 0 saturated heterocycles. The SMILES string of the molecule is C(=Cc1ccccc1)c1ccccc1.Oc1ccccc1. The van der Waals surface area contributed by atoms with Gasteiger partial charge < -0.3 is 5.11 Å². The van der Waals surface area contributed by atoms with Gasteiger partial charge in [-0.3, -0.25) is 0 Å². The fourth-order valence-electron chi connectivity index (χ4n) is 1.75. The topological polar surface area (TPSA) is 20.2 Å². The second-order valence-corrected chi connectivity index (χ2v) is 4.49. The molecule has 1 N–H and O–H groups in total. The molecule has 0 atom stereocenters. The first kappa shape index (κ1) is 14.6. The number of hydrogen-bond acceptors (Lipinski definition) is 1. The van der Waals surface area contributed by atoms with Gasteiger partial charge in [-0.2, -0.15) is 0 Å². The minimum atomic E-state index is 0.322. The van der Waals surface area contributed by atoms with E-state index < -0.39 is 0 Å². The van der Waals surface area contributed by atoms with Crippen molar-refractivity contribution in [1.82, 2.24) is 0 Å². The van der Waals surface area contributed by atoms with Crippen molar-refractivity contribution in [2.75, 3.05) is 0 Å². The van der Waals surface area contributed by atoms with Gasteiger partial charge in [0, 0.05) is 0 Å². The molecule has 0 spiro atoms. The molecule has 0 bridgehead atoms. The third kappa shape index (κ3) is 5.79. The normalized spacial score (nSPS) is 9.90. The second-order valence-electron chi connectivity index (χ2n) is 4.49. The lowest BCUT2D eigenvalue weighted by atomic mass is 10.1. The fraction of sp³-hybridized carbons (Fsp3) is 0. The molecule has 3 aromatic carbocycles. The van der Waals surface area contributed by atoms with Crippen LogP contribution in [0, 0.1) is 0 Å². The monoisotopic (exact) mass is 274 g/mol. The van der Waals surface area contributed by atoms with Crippen molar-refractivity contribution in [2.24, 2.45) is 0 Å². The number of hydrogen-bond donors (Lipinski definition) is 1. The quantitative estimate of drug-likeness (QED) is 0.633. The average molecular weight is 274 g/mol. The lowest BCUT2D eigenvalue weighted by molar-refractivity contribution is 0.475. The molecule has 0 aliphatic carbocycles. The first-order chi connectivity index (χ1) is 10.3. The number of rotatable bonds is 2. The zero-order valence-electron chi connectivity index (χ0n) is 11.8. The molecule has 0 fully saturated rings. The van der Waals surface area contributed by atoms with Gasteiger partial charge in [-0.1, -0.05) is 91.0 Å². The molecule has 1 nitrogen and oxygen atoms in total. The minimum absolute atomic E-state index is 0.322. The Morgan fingerprint density at radius 2 is 0.810 bits per heavy atom. The van der Waals surface area contributed by atoms with Gasteiger partial charge in [0.05, 0.1) is 0 Å². The predicted octanol–water partition coefficient (Wildman–Crippen LogP) is 5.25. The Hall–Kier alpha value is -2.80.